The van der Waals surface area contributed by atoms with Crippen LogP contribution in [0.25, 0.3) is 5.69 Å². The molecule has 0 aliphatic rings. The predicted molar refractivity (Wildman–Crippen MR) is 110 cm³/mol. The van der Waals surface area contributed by atoms with Gasteiger partial charge in [0.25, 0.3) is 11.5 Å². The quantitative estimate of drug-likeness (QED) is 0.587. The number of benzene rings is 2. The van der Waals surface area contributed by atoms with Gasteiger partial charge in [0.1, 0.15) is 5.82 Å². The molecular formula is C19H15BrFN3O4S. The number of hydrogen-bond acceptors (Lipinski definition) is 4. The molecule has 29 heavy (non-hydrogen) atoms. The number of rotatable bonds is 5. The summed E-state index contributed by atoms with van der Waals surface area (Å²) in [6.07, 6.45) is 1.35. The summed E-state index contributed by atoms with van der Waals surface area (Å²) in [7, 11) is -2.30. The molecule has 0 fully saturated rings. The number of nitrogens with one attached hydrogen (secondary N) is 2. The topological polar surface area (TPSA) is 97.3 Å². The van der Waals surface area contributed by atoms with Gasteiger partial charge in [-0.1, -0.05) is 0 Å². The van der Waals surface area contributed by atoms with Gasteiger partial charge in [0.05, 0.1) is 14.9 Å². The Kier molecular flexibility index (Phi) is 5.96. The van der Waals surface area contributed by atoms with E-state index in [1.54, 1.807) is 0 Å². The molecule has 1 amide bonds. The summed E-state index contributed by atoms with van der Waals surface area (Å²) in [5, 5.41) is 2.62. The molecule has 0 saturated heterocycles. The number of pyridine rings is 1. The smallest absolute Gasteiger partial charge is 0.257 e. The second-order valence-corrected chi connectivity index (χ2v) is 8.65. The molecule has 2 N–H and O–H groups in total. The third-order valence-corrected chi connectivity index (χ3v) is 6.08. The first kappa shape index (κ1) is 20.9. The summed E-state index contributed by atoms with van der Waals surface area (Å²) in [6.45, 7) is 0. The van der Waals surface area contributed by atoms with Crippen molar-refractivity contribution in [3.8, 4) is 5.69 Å². The average molecular weight is 480 g/mol. The minimum absolute atomic E-state index is 0.0487. The van der Waals surface area contributed by atoms with Crippen molar-refractivity contribution in [1.82, 2.24) is 9.29 Å². The van der Waals surface area contributed by atoms with E-state index in [4.69, 9.17) is 0 Å². The molecular weight excluding hydrogens is 465 g/mol. The molecule has 7 nitrogen and oxygen atoms in total. The molecule has 10 heteroatoms. The molecule has 1 aromatic heterocycles. The Labute approximate surface area is 174 Å². The maximum absolute atomic E-state index is 13.3. The lowest BCUT2D eigenvalue weighted by Gasteiger charge is -2.10. The van der Waals surface area contributed by atoms with E-state index < -0.39 is 27.3 Å². The van der Waals surface area contributed by atoms with Gasteiger partial charge in [-0.05, 0) is 71.5 Å². The lowest BCUT2D eigenvalue weighted by atomic mass is 10.2. The van der Waals surface area contributed by atoms with Gasteiger partial charge in [-0.15, -0.1) is 0 Å². The average Bonchev–Trinajstić information content (AvgIpc) is 2.71. The zero-order valence-corrected chi connectivity index (χ0v) is 17.4. The van der Waals surface area contributed by atoms with Gasteiger partial charge in [-0.25, -0.2) is 17.5 Å². The van der Waals surface area contributed by atoms with E-state index in [1.807, 2.05) is 0 Å². The molecule has 2 aromatic carbocycles. The van der Waals surface area contributed by atoms with Gasteiger partial charge >= 0.3 is 0 Å². The van der Waals surface area contributed by atoms with Crippen LogP contribution in [0.3, 0.4) is 0 Å². The lowest BCUT2D eigenvalue weighted by molar-refractivity contribution is 0.102. The molecule has 0 atom stereocenters. The van der Waals surface area contributed by atoms with E-state index in [0.29, 0.717) is 11.4 Å². The molecule has 0 unspecified atom stereocenters. The Bertz CT molecular complexity index is 1240. The highest BCUT2D eigenvalue weighted by Crippen LogP contribution is 2.20. The minimum atomic E-state index is -3.60. The summed E-state index contributed by atoms with van der Waals surface area (Å²) in [6, 6.07) is 12.3. The molecule has 150 valence electrons. The standard InChI is InChI=1S/C19H15BrFN3O4S/c1-22-29(27,28)15-6-4-14(5-7-15)24-11-12(2-9-18(24)25)19(26)23-13-3-8-17(21)16(20)10-13/h2-11,22H,1H3,(H,23,26). The van der Waals surface area contributed by atoms with Crippen molar-refractivity contribution in [1.29, 1.82) is 0 Å². The first-order chi connectivity index (χ1) is 13.7. The zero-order valence-electron chi connectivity index (χ0n) is 15.0. The molecule has 0 aliphatic carbocycles. The van der Waals surface area contributed by atoms with Crippen molar-refractivity contribution in [2.75, 3.05) is 12.4 Å². The molecule has 0 spiro atoms. The number of carbonyl (C=O) groups is 1. The Morgan fingerprint density at radius 3 is 2.38 bits per heavy atom. The Morgan fingerprint density at radius 1 is 1.07 bits per heavy atom. The Hall–Kier alpha value is -2.82. The molecule has 0 radical (unpaired) electrons. The summed E-state index contributed by atoms with van der Waals surface area (Å²) in [5.41, 5.74) is 0.569. The van der Waals surface area contributed by atoms with Crippen molar-refractivity contribution >= 4 is 37.5 Å². The first-order valence-corrected chi connectivity index (χ1v) is 10.5. The maximum atomic E-state index is 13.3. The summed E-state index contributed by atoms with van der Waals surface area (Å²) in [4.78, 5) is 24.8. The number of amides is 1. The fourth-order valence-electron chi connectivity index (χ4n) is 2.50. The molecule has 0 saturated carbocycles. The largest absolute Gasteiger partial charge is 0.322 e. The molecule has 3 rings (SSSR count). The molecule has 1 heterocycles. The highest BCUT2D eigenvalue weighted by molar-refractivity contribution is 9.10. The van der Waals surface area contributed by atoms with Crippen LogP contribution in [0.1, 0.15) is 10.4 Å². The Morgan fingerprint density at radius 2 is 1.76 bits per heavy atom. The fourth-order valence-corrected chi connectivity index (χ4v) is 3.61. The van der Waals surface area contributed by atoms with Gasteiger partial charge in [-0.3, -0.25) is 14.2 Å². The van der Waals surface area contributed by atoms with Gasteiger partial charge in [0.2, 0.25) is 10.0 Å². The minimum Gasteiger partial charge on any atom is -0.322 e. The van der Waals surface area contributed by atoms with Crippen molar-refractivity contribution in [2.24, 2.45) is 0 Å². The summed E-state index contributed by atoms with van der Waals surface area (Å²) >= 11 is 3.05. The van der Waals surface area contributed by atoms with E-state index in [-0.39, 0.29) is 14.9 Å². The van der Waals surface area contributed by atoms with Crippen LogP contribution >= 0.6 is 15.9 Å². The molecule has 0 aliphatic heterocycles. The van der Waals surface area contributed by atoms with Crippen LogP contribution in [0.4, 0.5) is 10.1 Å². The van der Waals surface area contributed by atoms with Gasteiger partial charge in [-0.2, -0.15) is 0 Å². The van der Waals surface area contributed by atoms with E-state index in [0.717, 1.165) is 0 Å². The second kappa shape index (κ2) is 8.27. The number of nitrogens with zero attached hydrogens (tertiary/aromatic N) is 1. The van der Waals surface area contributed by atoms with Crippen molar-refractivity contribution in [3.05, 3.63) is 87.0 Å². The van der Waals surface area contributed by atoms with E-state index >= 15 is 0 Å². The van der Waals surface area contributed by atoms with Crippen LogP contribution in [-0.2, 0) is 10.0 Å². The number of sulfonamides is 1. The van der Waals surface area contributed by atoms with E-state index in [1.165, 1.54) is 72.4 Å². The van der Waals surface area contributed by atoms with Crippen LogP contribution in [-0.4, -0.2) is 25.9 Å². The molecule has 0 bridgehead atoms. The predicted octanol–water partition coefficient (Wildman–Crippen LogP) is 2.90. The number of hydrogen-bond donors (Lipinski definition) is 2. The number of aromatic nitrogens is 1. The highest BCUT2D eigenvalue weighted by atomic mass is 79.9. The highest BCUT2D eigenvalue weighted by Gasteiger charge is 2.13. The van der Waals surface area contributed by atoms with Crippen molar-refractivity contribution in [2.45, 2.75) is 4.90 Å². The van der Waals surface area contributed by atoms with Crippen LogP contribution in [0.5, 0.6) is 0 Å². The Balaban J connectivity index is 1.90. The summed E-state index contributed by atoms with van der Waals surface area (Å²) < 4.78 is 40.6. The zero-order chi connectivity index (χ0) is 21.2. The van der Waals surface area contributed by atoms with E-state index in [9.17, 15) is 22.4 Å². The molecule has 3 aromatic rings. The first-order valence-electron chi connectivity index (χ1n) is 8.24. The van der Waals surface area contributed by atoms with Gasteiger partial charge in [0.15, 0.2) is 0 Å². The SMILES string of the molecule is CNS(=O)(=O)c1ccc(-n2cc(C(=O)Nc3ccc(F)c(Br)c3)ccc2=O)cc1. The van der Waals surface area contributed by atoms with Crippen LogP contribution in [0.15, 0.2) is 75.0 Å². The van der Waals surface area contributed by atoms with Crippen LogP contribution < -0.4 is 15.6 Å². The summed E-state index contributed by atoms with van der Waals surface area (Å²) in [5.74, 6) is -0.952. The van der Waals surface area contributed by atoms with Crippen molar-refractivity contribution < 1.29 is 17.6 Å². The normalized spacial score (nSPS) is 11.3. The fraction of sp³-hybridized carbons (Fsp3) is 0.0526. The van der Waals surface area contributed by atoms with Crippen LogP contribution in [0, 0.1) is 5.82 Å². The third kappa shape index (κ3) is 4.61. The van der Waals surface area contributed by atoms with E-state index in [2.05, 4.69) is 26.0 Å². The third-order valence-electron chi connectivity index (χ3n) is 4.04. The van der Waals surface area contributed by atoms with Crippen molar-refractivity contribution in [3.63, 3.8) is 0 Å². The van der Waals surface area contributed by atoms with Gasteiger partial charge < -0.3 is 5.32 Å². The monoisotopic (exact) mass is 479 g/mol. The maximum Gasteiger partial charge on any atom is 0.257 e. The second-order valence-electron chi connectivity index (χ2n) is 5.91. The number of anilines is 1. The number of carbonyl (C=O) groups excluding carboxylic acids is 1. The van der Waals surface area contributed by atoms with Gasteiger partial charge in [0, 0.05) is 23.6 Å². The lowest BCUT2D eigenvalue weighted by Crippen LogP contribution is -2.21. The van der Waals surface area contributed by atoms with Crippen LogP contribution in [0.2, 0.25) is 0 Å². The number of halogens is 2.